The summed E-state index contributed by atoms with van der Waals surface area (Å²) in [5, 5.41) is 0. The van der Waals surface area contributed by atoms with Gasteiger partial charge in [-0.25, -0.2) is 4.39 Å². The summed E-state index contributed by atoms with van der Waals surface area (Å²) in [6.45, 7) is 4.76. The van der Waals surface area contributed by atoms with E-state index in [1.54, 1.807) is 23.9 Å². The summed E-state index contributed by atoms with van der Waals surface area (Å²) in [5.74, 6) is 0.597. The van der Waals surface area contributed by atoms with E-state index in [0.29, 0.717) is 5.75 Å². The summed E-state index contributed by atoms with van der Waals surface area (Å²) in [7, 11) is 0. The van der Waals surface area contributed by atoms with Gasteiger partial charge in [-0.05, 0) is 50.5 Å². The second-order valence-corrected chi connectivity index (χ2v) is 7.21. The summed E-state index contributed by atoms with van der Waals surface area (Å²) in [6.07, 6.45) is 3.21. The van der Waals surface area contributed by atoms with E-state index in [9.17, 15) is 9.18 Å². The zero-order valence-corrected chi connectivity index (χ0v) is 14.1. The Labute approximate surface area is 136 Å². The van der Waals surface area contributed by atoms with E-state index in [1.165, 1.54) is 12.1 Å². The maximum Gasteiger partial charge on any atom is 0.226 e. The first-order valence-corrected chi connectivity index (χ1v) is 8.92. The topological polar surface area (TPSA) is 46.3 Å². The average molecular weight is 324 g/mol. The summed E-state index contributed by atoms with van der Waals surface area (Å²) >= 11 is 1.59. The van der Waals surface area contributed by atoms with Crippen LogP contribution in [0.2, 0.25) is 0 Å². The highest BCUT2D eigenvalue weighted by Gasteiger charge is 2.31. The predicted octanol–water partition coefficient (Wildman–Crippen LogP) is 3.28. The van der Waals surface area contributed by atoms with Crippen LogP contribution in [0, 0.1) is 11.7 Å². The Morgan fingerprint density at radius 3 is 2.68 bits per heavy atom. The van der Waals surface area contributed by atoms with E-state index in [4.69, 9.17) is 5.73 Å². The van der Waals surface area contributed by atoms with Gasteiger partial charge in [-0.2, -0.15) is 0 Å². The molecule has 0 bridgehead atoms. The Kier molecular flexibility index (Phi) is 6.26. The summed E-state index contributed by atoms with van der Waals surface area (Å²) in [5.41, 5.74) is 6.04. The van der Waals surface area contributed by atoms with E-state index < -0.39 is 0 Å². The van der Waals surface area contributed by atoms with Crippen LogP contribution in [0.4, 0.5) is 4.39 Å². The molecule has 1 heterocycles. The number of piperidine rings is 1. The summed E-state index contributed by atoms with van der Waals surface area (Å²) < 4.78 is 12.9. The van der Waals surface area contributed by atoms with E-state index in [-0.39, 0.29) is 29.7 Å². The second-order valence-electron chi connectivity index (χ2n) is 6.12. The molecule has 3 atom stereocenters. The summed E-state index contributed by atoms with van der Waals surface area (Å²) in [4.78, 5) is 15.7. The van der Waals surface area contributed by atoms with E-state index in [2.05, 4.69) is 0 Å². The highest BCUT2D eigenvalue weighted by Crippen LogP contribution is 2.25. The van der Waals surface area contributed by atoms with Crippen molar-refractivity contribution >= 4 is 17.7 Å². The van der Waals surface area contributed by atoms with Gasteiger partial charge >= 0.3 is 0 Å². The maximum absolute atomic E-state index is 12.9. The molecule has 1 aromatic rings. The standard InChI is InChI=1S/C17H25FN2OS/c1-12(11-22-15-8-6-14(18)7-9-15)17(21)20-10-4-3-5-16(20)13(2)19/h6-9,12-13,16H,3-5,10-11,19H2,1-2H3. The molecule has 2 N–H and O–H groups in total. The Morgan fingerprint density at radius 1 is 1.36 bits per heavy atom. The van der Waals surface area contributed by atoms with Gasteiger partial charge in [0.2, 0.25) is 5.91 Å². The van der Waals surface area contributed by atoms with Crippen LogP contribution in [0.3, 0.4) is 0 Å². The lowest BCUT2D eigenvalue weighted by atomic mass is 9.95. The maximum atomic E-state index is 12.9. The van der Waals surface area contributed by atoms with Crippen molar-refractivity contribution in [2.45, 2.75) is 50.1 Å². The number of benzene rings is 1. The molecule has 0 spiro atoms. The number of hydrogen-bond donors (Lipinski definition) is 1. The fraction of sp³-hybridized carbons (Fsp3) is 0.588. The van der Waals surface area contributed by atoms with Crippen LogP contribution in [0.1, 0.15) is 33.1 Å². The normalized spacial score (nSPS) is 21.5. The molecule has 0 aliphatic carbocycles. The first-order chi connectivity index (χ1) is 10.5. The molecule has 0 radical (unpaired) electrons. The molecular weight excluding hydrogens is 299 g/mol. The van der Waals surface area contributed by atoms with Crippen molar-refractivity contribution in [1.82, 2.24) is 4.90 Å². The largest absolute Gasteiger partial charge is 0.338 e. The van der Waals surface area contributed by atoms with Crippen LogP contribution in [0.15, 0.2) is 29.2 Å². The number of carbonyl (C=O) groups excluding carboxylic acids is 1. The zero-order valence-electron chi connectivity index (χ0n) is 13.3. The Bertz CT molecular complexity index is 492. The highest BCUT2D eigenvalue weighted by molar-refractivity contribution is 7.99. The lowest BCUT2D eigenvalue weighted by Crippen LogP contribution is -2.53. The van der Waals surface area contributed by atoms with Gasteiger partial charge in [0, 0.05) is 35.2 Å². The van der Waals surface area contributed by atoms with Gasteiger partial charge in [0.25, 0.3) is 0 Å². The third kappa shape index (κ3) is 4.46. The molecule has 1 fully saturated rings. The minimum absolute atomic E-state index is 0.0150. The molecule has 3 unspecified atom stereocenters. The minimum Gasteiger partial charge on any atom is -0.338 e. The number of nitrogens with two attached hydrogens (primary N) is 1. The van der Waals surface area contributed by atoms with Crippen molar-refractivity contribution in [2.75, 3.05) is 12.3 Å². The molecule has 1 amide bonds. The fourth-order valence-electron chi connectivity index (χ4n) is 2.88. The number of thioether (sulfide) groups is 1. The van der Waals surface area contributed by atoms with E-state index in [1.807, 2.05) is 18.7 Å². The molecule has 1 aromatic carbocycles. The molecule has 3 nitrogen and oxygen atoms in total. The van der Waals surface area contributed by atoms with Crippen LogP contribution in [0.5, 0.6) is 0 Å². The van der Waals surface area contributed by atoms with E-state index in [0.717, 1.165) is 30.7 Å². The van der Waals surface area contributed by atoms with Crippen molar-refractivity contribution in [2.24, 2.45) is 11.7 Å². The predicted molar refractivity (Wildman–Crippen MR) is 89.3 cm³/mol. The van der Waals surface area contributed by atoms with Crippen LogP contribution < -0.4 is 5.73 Å². The van der Waals surface area contributed by atoms with Gasteiger partial charge in [0.15, 0.2) is 0 Å². The number of hydrogen-bond acceptors (Lipinski definition) is 3. The van der Waals surface area contributed by atoms with Crippen molar-refractivity contribution in [3.63, 3.8) is 0 Å². The monoisotopic (exact) mass is 324 g/mol. The molecule has 0 aromatic heterocycles. The molecule has 122 valence electrons. The zero-order chi connectivity index (χ0) is 16.1. The highest BCUT2D eigenvalue weighted by atomic mass is 32.2. The minimum atomic E-state index is -0.235. The Hall–Kier alpha value is -1.07. The first kappa shape index (κ1) is 17.3. The van der Waals surface area contributed by atoms with Crippen molar-refractivity contribution in [3.8, 4) is 0 Å². The van der Waals surface area contributed by atoms with Gasteiger partial charge in [-0.15, -0.1) is 11.8 Å². The average Bonchev–Trinajstić information content (AvgIpc) is 2.53. The number of amides is 1. The molecule has 1 aliphatic heterocycles. The van der Waals surface area contributed by atoms with Crippen LogP contribution in [-0.4, -0.2) is 35.2 Å². The quantitative estimate of drug-likeness (QED) is 0.846. The van der Waals surface area contributed by atoms with Gasteiger partial charge in [0.1, 0.15) is 5.82 Å². The van der Waals surface area contributed by atoms with Crippen LogP contribution in [-0.2, 0) is 4.79 Å². The summed E-state index contributed by atoms with van der Waals surface area (Å²) in [6, 6.07) is 6.59. The lowest BCUT2D eigenvalue weighted by molar-refractivity contribution is -0.138. The number of likely N-dealkylation sites (tertiary alicyclic amines) is 1. The molecular formula is C17H25FN2OS. The van der Waals surface area contributed by atoms with Crippen molar-refractivity contribution in [1.29, 1.82) is 0 Å². The third-order valence-electron chi connectivity index (χ3n) is 4.17. The molecule has 1 aliphatic rings. The third-order valence-corrected chi connectivity index (χ3v) is 5.45. The molecule has 22 heavy (non-hydrogen) atoms. The number of nitrogens with zero attached hydrogens (tertiary/aromatic N) is 1. The lowest BCUT2D eigenvalue weighted by Gasteiger charge is -2.39. The Balaban J connectivity index is 1.91. The van der Waals surface area contributed by atoms with Crippen LogP contribution in [0.25, 0.3) is 0 Å². The SMILES string of the molecule is CC(CSc1ccc(F)cc1)C(=O)N1CCCCC1C(C)N. The number of rotatable bonds is 5. The van der Waals surface area contributed by atoms with Crippen LogP contribution >= 0.6 is 11.8 Å². The molecule has 0 saturated carbocycles. The molecule has 2 rings (SSSR count). The van der Waals surface area contributed by atoms with Gasteiger partial charge in [0.05, 0.1) is 0 Å². The number of halogens is 1. The van der Waals surface area contributed by atoms with Gasteiger partial charge < -0.3 is 10.6 Å². The molecule has 5 heteroatoms. The van der Waals surface area contributed by atoms with E-state index >= 15 is 0 Å². The second kappa shape index (κ2) is 7.97. The van der Waals surface area contributed by atoms with Crippen molar-refractivity contribution < 1.29 is 9.18 Å². The van der Waals surface area contributed by atoms with Gasteiger partial charge in [-0.3, -0.25) is 4.79 Å². The van der Waals surface area contributed by atoms with Gasteiger partial charge in [-0.1, -0.05) is 6.92 Å². The fourth-order valence-corrected chi connectivity index (χ4v) is 3.80. The molecule has 1 saturated heterocycles. The Morgan fingerprint density at radius 2 is 2.05 bits per heavy atom. The number of carbonyl (C=O) groups is 1. The van der Waals surface area contributed by atoms with Crippen molar-refractivity contribution in [3.05, 3.63) is 30.1 Å². The first-order valence-electron chi connectivity index (χ1n) is 7.93. The smallest absolute Gasteiger partial charge is 0.226 e.